The van der Waals surface area contributed by atoms with Gasteiger partial charge in [-0.25, -0.2) is 0 Å². The van der Waals surface area contributed by atoms with Crippen molar-refractivity contribution >= 4 is 23.2 Å². The Morgan fingerprint density at radius 3 is 2.61 bits per heavy atom. The van der Waals surface area contributed by atoms with Crippen LogP contribution in [0.15, 0.2) is 30.6 Å². The molecule has 3 N–H and O–H groups in total. The van der Waals surface area contributed by atoms with Crippen LogP contribution in [0.2, 0.25) is 0 Å². The van der Waals surface area contributed by atoms with E-state index in [0.717, 1.165) is 32.4 Å². The molecule has 1 fully saturated rings. The third-order valence-corrected chi connectivity index (χ3v) is 6.61. The quantitative estimate of drug-likeness (QED) is 0.661. The highest BCUT2D eigenvalue weighted by molar-refractivity contribution is 7.14. The topological polar surface area (TPSA) is 92.4 Å². The molecular formula is C20H24N4O3S. The molecule has 4 heterocycles. The van der Waals surface area contributed by atoms with Crippen LogP contribution in [-0.2, 0) is 16.8 Å². The smallest absolute Gasteiger partial charge is 0.261 e. The van der Waals surface area contributed by atoms with E-state index in [4.69, 9.17) is 4.74 Å². The third kappa shape index (κ3) is 3.94. The van der Waals surface area contributed by atoms with E-state index >= 15 is 0 Å². The van der Waals surface area contributed by atoms with Crippen molar-refractivity contribution in [3.05, 3.63) is 51.5 Å². The van der Waals surface area contributed by atoms with Gasteiger partial charge in [-0.2, -0.15) is 0 Å². The van der Waals surface area contributed by atoms with Crippen molar-refractivity contribution in [1.82, 2.24) is 20.9 Å². The van der Waals surface area contributed by atoms with Gasteiger partial charge in [0.2, 0.25) is 0 Å². The number of hydrogen-bond donors (Lipinski definition) is 3. The predicted molar refractivity (Wildman–Crippen MR) is 107 cm³/mol. The molecule has 2 aliphatic rings. The molecule has 4 rings (SSSR count). The van der Waals surface area contributed by atoms with Crippen LogP contribution in [0.3, 0.4) is 0 Å². The number of amides is 2. The number of hydrogen-bond acceptors (Lipinski definition) is 6. The highest BCUT2D eigenvalue weighted by Crippen LogP contribution is 2.44. The van der Waals surface area contributed by atoms with Gasteiger partial charge in [0.1, 0.15) is 5.60 Å². The van der Waals surface area contributed by atoms with Crippen LogP contribution in [0.5, 0.6) is 0 Å². The summed E-state index contributed by atoms with van der Waals surface area (Å²) in [6.07, 6.45) is 5.91. The highest BCUT2D eigenvalue weighted by Gasteiger charge is 2.41. The molecule has 1 saturated heterocycles. The molecule has 7 nitrogen and oxygen atoms in total. The summed E-state index contributed by atoms with van der Waals surface area (Å²) < 4.78 is 6.18. The Bertz CT molecular complexity index is 846. The van der Waals surface area contributed by atoms with Gasteiger partial charge in [-0.15, -0.1) is 11.3 Å². The minimum Gasteiger partial charge on any atom is -0.369 e. The zero-order valence-electron chi connectivity index (χ0n) is 15.6. The Labute approximate surface area is 167 Å². The number of fused-ring (bicyclic) bond motifs is 2. The number of nitrogens with zero attached hydrogens (tertiary/aromatic N) is 1. The summed E-state index contributed by atoms with van der Waals surface area (Å²) in [6, 6.07) is 5.32. The number of aromatic nitrogens is 1. The van der Waals surface area contributed by atoms with E-state index in [1.54, 1.807) is 35.9 Å². The summed E-state index contributed by atoms with van der Waals surface area (Å²) >= 11 is 1.55. The average Bonchev–Trinajstić information content (AvgIpc) is 3.18. The Morgan fingerprint density at radius 1 is 1.14 bits per heavy atom. The molecule has 0 aliphatic carbocycles. The van der Waals surface area contributed by atoms with Gasteiger partial charge >= 0.3 is 0 Å². The second kappa shape index (κ2) is 8.38. The molecule has 0 radical (unpaired) electrons. The molecule has 0 atom stereocenters. The number of carbonyl (C=O) groups is 2. The standard InChI is InChI=1S/C20H24N4O3S/c25-18(14-1-6-21-7-2-14)23-10-11-24-19(26)16-13-15-3-12-27-20(17(15)28-16)4-8-22-9-5-20/h1-2,6-7,13,22H,3-5,8-12H2,(H,23,25)(H,24,26). The number of carbonyl (C=O) groups excluding carboxylic acids is 2. The number of nitrogens with one attached hydrogen (secondary N) is 3. The van der Waals surface area contributed by atoms with Crippen LogP contribution < -0.4 is 16.0 Å². The lowest BCUT2D eigenvalue weighted by atomic mass is 9.86. The fourth-order valence-electron chi connectivity index (χ4n) is 3.78. The van der Waals surface area contributed by atoms with Crippen molar-refractivity contribution in [1.29, 1.82) is 0 Å². The Hall–Kier alpha value is -2.29. The van der Waals surface area contributed by atoms with Crippen LogP contribution in [-0.4, -0.2) is 49.6 Å². The van der Waals surface area contributed by atoms with Crippen molar-refractivity contribution in [3.63, 3.8) is 0 Å². The van der Waals surface area contributed by atoms with Gasteiger partial charge in [0.15, 0.2) is 0 Å². The molecule has 148 valence electrons. The molecule has 2 amide bonds. The highest BCUT2D eigenvalue weighted by atomic mass is 32.1. The van der Waals surface area contributed by atoms with E-state index < -0.39 is 0 Å². The average molecular weight is 401 g/mol. The fraction of sp³-hybridized carbons (Fsp3) is 0.450. The summed E-state index contributed by atoms with van der Waals surface area (Å²) in [5, 5.41) is 9.07. The molecule has 0 unspecified atom stereocenters. The number of rotatable bonds is 5. The molecular weight excluding hydrogens is 376 g/mol. The maximum absolute atomic E-state index is 12.6. The van der Waals surface area contributed by atoms with Crippen molar-refractivity contribution in [2.45, 2.75) is 24.9 Å². The SMILES string of the molecule is O=C(NCCNC(=O)c1cc2c(s1)C1(CCNCC1)OCC2)c1ccncc1. The van der Waals surface area contributed by atoms with E-state index in [2.05, 4.69) is 20.9 Å². The molecule has 28 heavy (non-hydrogen) atoms. The van der Waals surface area contributed by atoms with Crippen LogP contribution in [0.1, 0.15) is 43.3 Å². The van der Waals surface area contributed by atoms with Crippen molar-refractivity contribution in [2.24, 2.45) is 0 Å². The second-order valence-corrected chi connectivity index (χ2v) is 8.11. The van der Waals surface area contributed by atoms with Crippen molar-refractivity contribution in [3.8, 4) is 0 Å². The number of piperidine rings is 1. The van der Waals surface area contributed by atoms with Crippen molar-refractivity contribution in [2.75, 3.05) is 32.8 Å². The molecule has 0 aromatic carbocycles. The lowest BCUT2D eigenvalue weighted by molar-refractivity contribution is -0.0771. The predicted octanol–water partition coefficient (Wildman–Crippen LogP) is 1.45. The first kappa shape index (κ1) is 19.0. The molecule has 2 aromatic heterocycles. The first-order chi connectivity index (χ1) is 13.7. The molecule has 0 saturated carbocycles. The Balaban J connectivity index is 1.33. The summed E-state index contributed by atoms with van der Waals surface area (Å²) in [4.78, 5) is 30.4. The minimum atomic E-state index is -0.222. The maximum atomic E-state index is 12.6. The summed E-state index contributed by atoms with van der Waals surface area (Å²) in [5.74, 6) is -0.269. The van der Waals surface area contributed by atoms with Crippen LogP contribution in [0.25, 0.3) is 0 Å². The first-order valence-corrected chi connectivity index (χ1v) is 10.4. The van der Waals surface area contributed by atoms with E-state index in [1.807, 2.05) is 6.07 Å². The third-order valence-electron chi connectivity index (χ3n) is 5.25. The summed E-state index contributed by atoms with van der Waals surface area (Å²) in [5.41, 5.74) is 1.58. The largest absolute Gasteiger partial charge is 0.369 e. The zero-order valence-corrected chi connectivity index (χ0v) is 16.4. The van der Waals surface area contributed by atoms with E-state index in [9.17, 15) is 9.59 Å². The summed E-state index contributed by atoms with van der Waals surface area (Å²) in [7, 11) is 0. The second-order valence-electron chi connectivity index (χ2n) is 7.06. The minimum absolute atomic E-state index is 0.0957. The molecule has 2 aromatic rings. The van der Waals surface area contributed by atoms with Crippen LogP contribution in [0, 0.1) is 0 Å². The van der Waals surface area contributed by atoms with Gasteiger partial charge < -0.3 is 20.7 Å². The normalized spacial score (nSPS) is 17.7. The van der Waals surface area contributed by atoms with Gasteiger partial charge in [-0.1, -0.05) is 0 Å². The van der Waals surface area contributed by atoms with Crippen molar-refractivity contribution < 1.29 is 14.3 Å². The number of thiophene rings is 1. The molecule has 1 spiro atoms. The van der Waals surface area contributed by atoms with E-state index in [1.165, 1.54) is 10.4 Å². The summed E-state index contributed by atoms with van der Waals surface area (Å²) in [6.45, 7) is 3.35. The Kier molecular flexibility index (Phi) is 5.70. The Morgan fingerprint density at radius 2 is 1.86 bits per heavy atom. The number of pyridine rings is 1. The van der Waals surface area contributed by atoms with Gasteiger partial charge in [0.05, 0.1) is 11.5 Å². The van der Waals surface area contributed by atoms with Gasteiger partial charge in [0.25, 0.3) is 11.8 Å². The maximum Gasteiger partial charge on any atom is 0.261 e. The molecule has 2 aliphatic heterocycles. The zero-order chi connectivity index (χ0) is 19.4. The van der Waals surface area contributed by atoms with Gasteiger partial charge in [0, 0.05) is 35.9 Å². The lowest BCUT2D eigenvalue weighted by Gasteiger charge is -2.40. The first-order valence-electron chi connectivity index (χ1n) is 9.62. The lowest BCUT2D eigenvalue weighted by Crippen LogP contribution is -2.43. The van der Waals surface area contributed by atoms with E-state index in [0.29, 0.717) is 30.1 Å². The van der Waals surface area contributed by atoms with Gasteiger partial charge in [-0.3, -0.25) is 14.6 Å². The number of ether oxygens (including phenoxy) is 1. The van der Waals surface area contributed by atoms with Crippen LogP contribution in [0.4, 0.5) is 0 Å². The molecule has 0 bridgehead atoms. The van der Waals surface area contributed by atoms with E-state index in [-0.39, 0.29) is 17.4 Å². The monoisotopic (exact) mass is 400 g/mol. The fourth-order valence-corrected chi connectivity index (χ4v) is 5.11. The van der Waals surface area contributed by atoms with Gasteiger partial charge in [-0.05, 0) is 56.1 Å². The van der Waals surface area contributed by atoms with Crippen LogP contribution >= 0.6 is 11.3 Å². The molecule has 8 heteroatoms.